The maximum Gasteiger partial charge on any atom is 0.205 e. The third kappa shape index (κ3) is 3.56. The van der Waals surface area contributed by atoms with Crippen molar-refractivity contribution in [3.05, 3.63) is 45.3 Å². The number of nitriles is 1. The van der Waals surface area contributed by atoms with Crippen LogP contribution in [0.2, 0.25) is 5.02 Å². The number of ketones is 1. The van der Waals surface area contributed by atoms with Crippen molar-refractivity contribution in [2.24, 2.45) is 0 Å². The number of hydrogen-bond donors (Lipinski definition) is 1. The number of rotatable bonds is 5. The molecule has 1 fully saturated rings. The molecule has 1 saturated heterocycles. The van der Waals surface area contributed by atoms with Crippen molar-refractivity contribution in [1.29, 1.82) is 5.26 Å². The first-order valence-corrected chi connectivity index (χ1v) is 9.91. The Morgan fingerprint density at radius 3 is 2.73 bits per heavy atom. The number of thiophene rings is 1. The van der Waals surface area contributed by atoms with Crippen LogP contribution in [0, 0.1) is 11.3 Å². The number of carbonyl (C=O) groups excluding carboxylic acids is 1. The molecular formula is C19H21ClN4OS. The lowest BCUT2D eigenvalue weighted by molar-refractivity contribution is 0.104. The van der Waals surface area contributed by atoms with Gasteiger partial charge >= 0.3 is 0 Å². The average molecular weight is 389 g/mol. The number of nitrogen functional groups attached to an aromatic ring is 1. The Morgan fingerprint density at radius 2 is 2.12 bits per heavy atom. The topological polar surface area (TPSA) is 73.4 Å². The number of halogens is 1. The summed E-state index contributed by atoms with van der Waals surface area (Å²) in [5, 5.41) is 15.2. The molecule has 1 aromatic carbocycles. The van der Waals surface area contributed by atoms with Crippen LogP contribution in [-0.2, 0) is 0 Å². The average Bonchev–Trinajstić information content (AvgIpc) is 2.99. The zero-order chi connectivity index (χ0) is 18.7. The SMILES string of the molecule is CCN(c1sc(C(=O)c2cccc(Cl)c2)c(N)c1C#N)N1CCCCC1. The van der Waals surface area contributed by atoms with Gasteiger partial charge in [-0.25, -0.2) is 5.01 Å². The quantitative estimate of drug-likeness (QED) is 0.772. The number of nitrogens with two attached hydrogens (primary N) is 1. The number of anilines is 2. The molecule has 3 rings (SSSR count). The van der Waals surface area contributed by atoms with E-state index in [1.165, 1.54) is 17.8 Å². The number of carbonyl (C=O) groups is 1. The van der Waals surface area contributed by atoms with Gasteiger partial charge in [-0.1, -0.05) is 30.2 Å². The Kier molecular flexibility index (Phi) is 5.82. The smallest absolute Gasteiger partial charge is 0.205 e. The molecule has 2 N–H and O–H groups in total. The second kappa shape index (κ2) is 8.09. The molecule has 1 aromatic heterocycles. The summed E-state index contributed by atoms with van der Waals surface area (Å²) in [7, 11) is 0. The molecule has 0 amide bonds. The molecular weight excluding hydrogens is 368 g/mol. The van der Waals surface area contributed by atoms with Crippen LogP contribution in [0.25, 0.3) is 0 Å². The van der Waals surface area contributed by atoms with Gasteiger partial charge in [-0.05, 0) is 31.9 Å². The number of nitrogens with zero attached hydrogens (tertiary/aromatic N) is 3. The maximum absolute atomic E-state index is 12.9. The number of benzene rings is 1. The third-order valence-corrected chi connectivity index (χ3v) is 5.99. The highest BCUT2D eigenvalue weighted by molar-refractivity contribution is 7.19. The highest BCUT2D eigenvalue weighted by atomic mass is 35.5. The monoisotopic (exact) mass is 388 g/mol. The highest BCUT2D eigenvalue weighted by Gasteiger charge is 2.28. The molecule has 5 nitrogen and oxygen atoms in total. The molecule has 1 aliphatic heterocycles. The van der Waals surface area contributed by atoms with Crippen molar-refractivity contribution in [1.82, 2.24) is 5.01 Å². The second-order valence-electron chi connectivity index (χ2n) is 6.21. The molecule has 0 atom stereocenters. The van der Waals surface area contributed by atoms with Gasteiger partial charge in [0.25, 0.3) is 0 Å². The Bertz CT molecular complexity index is 852. The van der Waals surface area contributed by atoms with Crippen molar-refractivity contribution in [3.8, 4) is 6.07 Å². The van der Waals surface area contributed by atoms with Crippen LogP contribution in [0.4, 0.5) is 10.7 Å². The van der Waals surface area contributed by atoms with Crippen LogP contribution in [0.1, 0.15) is 47.0 Å². The van der Waals surface area contributed by atoms with E-state index in [1.807, 2.05) is 6.92 Å². The predicted molar refractivity (Wildman–Crippen MR) is 107 cm³/mol. The van der Waals surface area contributed by atoms with E-state index >= 15 is 0 Å². The molecule has 136 valence electrons. The maximum atomic E-state index is 12.9. The fourth-order valence-electron chi connectivity index (χ4n) is 3.24. The Labute approximate surface area is 162 Å². The minimum absolute atomic E-state index is 0.201. The van der Waals surface area contributed by atoms with Gasteiger partial charge in [0.05, 0.1) is 5.69 Å². The van der Waals surface area contributed by atoms with Crippen LogP contribution in [0.5, 0.6) is 0 Å². The first kappa shape index (κ1) is 18.7. The number of hydrazine groups is 1. The van der Waals surface area contributed by atoms with Gasteiger partial charge in [0.2, 0.25) is 5.78 Å². The van der Waals surface area contributed by atoms with E-state index in [0.29, 0.717) is 21.0 Å². The van der Waals surface area contributed by atoms with Crippen LogP contribution >= 0.6 is 22.9 Å². The molecule has 7 heteroatoms. The van der Waals surface area contributed by atoms with Crippen molar-refractivity contribution < 1.29 is 4.79 Å². The van der Waals surface area contributed by atoms with E-state index in [2.05, 4.69) is 16.1 Å². The molecule has 26 heavy (non-hydrogen) atoms. The van der Waals surface area contributed by atoms with Crippen LogP contribution < -0.4 is 10.7 Å². The van der Waals surface area contributed by atoms with E-state index in [-0.39, 0.29) is 11.5 Å². The summed E-state index contributed by atoms with van der Waals surface area (Å²) < 4.78 is 0. The minimum Gasteiger partial charge on any atom is -0.396 e. The summed E-state index contributed by atoms with van der Waals surface area (Å²) in [6, 6.07) is 8.98. The molecule has 0 aliphatic carbocycles. The Hall–Kier alpha value is -2.07. The van der Waals surface area contributed by atoms with Gasteiger partial charge < -0.3 is 5.73 Å². The highest BCUT2D eigenvalue weighted by Crippen LogP contribution is 2.40. The van der Waals surface area contributed by atoms with Gasteiger partial charge in [-0.3, -0.25) is 9.80 Å². The van der Waals surface area contributed by atoms with Crippen molar-refractivity contribution >= 4 is 39.4 Å². The second-order valence-corrected chi connectivity index (χ2v) is 7.64. The molecule has 1 aliphatic rings. The molecule has 2 heterocycles. The fraction of sp³-hybridized carbons (Fsp3) is 0.368. The zero-order valence-corrected chi connectivity index (χ0v) is 16.2. The summed E-state index contributed by atoms with van der Waals surface area (Å²) in [6.07, 6.45) is 3.49. The Balaban J connectivity index is 2.01. The molecule has 0 saturated carbocycles. The van der Waals surface area contributed by atoms with Gasteiger partial charge in [0.1, 0.15) is 21.5 Å². The predicted octanol–water partition coefficient (Wildman–Crippen LogP) is 4.31. The van der Waals surface area contributed by atoms with Crippen LogP contribution in [0.15, 0.2) is 24.3 Å². The van der Waals surface area contributed by atoms with Gasteiger partial charge in [-0.15, -0.1) is 11.3 Å². The van der Waals surface area contributed by atoms with Crippen molar-refractivity contribution in [3.63, 3.8) is 0 Å². The van der Waals surface area contributed by atoms with Gasteiger partial charge in [-0.2, -0.15) is 5.26 Å². The first-order valence-electron chi connectivity index (χ1n) is 8.71. The lowest BCUT2D eigenvalue weighted by Gasteiger charge is -2.37. The number of piperidine rings is 1. The summed E-state index contributed by atoms with van der Waals surface area (Å²) in [4.78, 5) is 13.3. The standard InChI is InChI=1S/C19H21ClN4OS/c1-2-24(23-9-4-3-5-10-23)19-15(12-21)16(22)18(26-19)17(25)13-7-6-8-14(20)11-13/h6-8,11H,2-5,9-10,22H2,1H3. The van der Waals surface area contributed by atoms with Gasteiger partial charge in [0, 0.05) is 30.2 Å². The summed E-state index contributed by atoms with van der Waals surface area (Å²) in [6.45, 7) is 4.67. The first-order chi connectivity index (χ1) is 12.6. The Morgan fingerprint density at radius 1 is 1.38 bits per heavy atom. The normalized spacial score (nSPS) is 14.8. The van der Waals surface area contributed by atoms with E-state index in [1.54, 1.807) is 24.3 Å². The molecule has 0 radical (unpaired) electrons. The summed E-state index contributed by atoms with van der Waals surface area (Å²) >= 11 is 7.30. The lowest BCUT2D eigenvalue weighted by atomic mass is 10.1. The molecule has 0 spiro atoms. The molecule has 0 bridgehead atoms. The van der Waals surface area contributed by atoms with Crippen molar-refractivity contribution in [2.45, 2.75) is 26.2 Å². The number of hydrogen-bond acceptors (Lipinski definition) is 6. The molecule has 0 unspecified atom stereocenters. The van der Waals surface area contributed by atoms with E-state index in [0.717, 1.165) is 37.5 Å². The minimum atomic E-state index is -0.201. The van der Waals surface area contributed by atoms with E-state index < -0.39 is 0 Å². The fourth-order valence-corrected chi connectivity index (χ4v) is 4.66. The van der Waals surface area contributed by atoms with E-state index in [9.17, 15) is 10.1 Å². The van der Waals surface area contributed by atoms with E-state index in [4.69, 9.17) is 17.3 Å². The van der Waals surface area contributed by atoms with Crippen LogP contribution in [-0.4, -0.2) is 30.4 Å². The molecule has 2 aromatic rings. The largest absolute Gasteiger partial charge is 0.396 e. The third-order valence-electron chi connectivity index (χ3n) is 4.54. The zero-order valence-electron chi connectivity index (χ0n) is 14.7. The summed E-state index contributed by atoms with van der Waals surface area (Å²) in [5.74, 6) is -0.201. The summed E-state index contributed by atoms with van der Waals surface area (Å²) in [5.41, 5.74) is 7.32. The lowest BCUT2D eigenvalue weighted by Crippen LogP contribution is -2.45. The van der Waals surface area contributed by atoms with Gasteiger partial charge in [0.15, 0.2) is 0 Å². The van der Waals surface area contributed by atoms with Crippen LogP contribution in [0.3, 0.4) is 0 Å². The van der Waals surface area contributed by atoms with Crippen molar-refractivity contribution in [2.75, 3.05) is 30.4 Å².